The Morgan fingerprint density at radius 3 is 3.07 bits per heavy atom. The molecule has 1 unspecified atom stereocenters. The summed E-state index contributed by atoms with van der Waals surface area (Å²) in [5, 5.41) is 12.8. The van der Waals surface area contributed by atoms with E-state index in [-0.39, 0.29) is 6.10 Å². The zero-order valence-electron chi connectivity index (χ0n) is 8.45. The third-order valence-corrected chi connectivity index (χ3v) is 2.75. The molecule has 4 nitrogen and oxygen atoms in total. The minimum Gasteiger partial charge on any atom is -0.392 e. The molecule has 0 aromatic carbocycles. The summed E-state index contributed by atoms with van der Waals surface area (Å²) in [4.78, 5) is 7.20. The van der Waals surface area contributed by atoms with Crippen LogP contribution in [0.2, 0.25) is 0 Å². The molecule has 0 saturated heterocycles. The summed E-state index contributed by atoms with van der Waals surface area (Å²) in [5.74, 6) is 0.544. The number of aromatic amines is 1. The zero-order valence-corrected chi connectivity index (χ0v) is 8.45. The Bertz CT molecular complexity index is 293. The zero-order chi connectivity index (χ0) is 9.97. The molecule has 1 aliphatic carbocycles. The lowest BCUT2D eigenvalue weighted by Crippen LogP contribution is -2.28. The van der Waals surface area contributed by atoms with Crippen molar-refractivity contribution in [2.45, 2.75) is 32.4 Å². The van der Waals surface area contributed by atoms with Gasteiger partial charge in [0.05, 0.1) is 18.1 Å². The Morgan fingerprint density at radius 1 is 1.71 bits per heavy atom. The lowest BCUT2D eigenvalue weighted by molar-refractivity contribution is 0.148. The molecular formula is C10H17N3O. The van der Waals surface area contributed by atoms with E-state index in [9.17, 15) is 5.11 Å². The van der Waals surface area contributed by atoms with Gasteiger partial charge in [-0.3, -0.25) is 0 Å². The SMILES string of the molecule is Cc1[nH]cnc1CNCC(O)C1CC1. The van der Waals surface area contributed by atoms with Crippen molar-refractivity contribution in [1.82, 2.24) is 15.3 Å². The lowest BCUT2D eigenvalue weighted by Gasteiger charge is -2.09. The number of nitrogens with one attached hydrogen (secondary N) is 2. The maximum atomic E-state index is 9.60. The Labute approximate surface area is 83.8 Å². The molecule has 3 N–H and O–H groups in total. The number of aromatic nitrogens is 2. The fourth-order valence-electron chi connectivity index (χ4n) is 1.55. The largest absolute Gasteiger partial charge is 0.392 e. The summed E-state index contributed by atoms with van der Waals surface area (Å²) < 4.78 is 0. The Kier molecular flexibility index (Phi) is 2.84. The number of rotatable bonds is 5. The molecule has 1 aliphatic rings. The van der Waals surface area contributed by atoms with Crippen molar-refractivity contribution in [3.05, 3.63) is 17.7 Å². The molecule has 4 heteroatoms. The molecule has 0 amide bonds. The summed E-state index contributed by atoms with van der Waals surface area (Å²) >= 11 is 0. The third kappa shape index (κ3) is 2.33. The van der Waals surface area contributed by atoms with Gasteiger partial charge >= 0.3 is 0 Å². The van der Waals surface area contributed by atoms with Gasteiger partial charge in [-0.05, 0) is 25.7 Å². The lowest BCUT2D eigenvalue weighted by atomic mass is 10.2. The van der Waals surface area contributed by atoms with Gasteiger partial charge in [0.1, 0.15) is 0 Å². The van der Waals surface area contributed by atoms with Crippen molar-refractivity contribution in [2.24, 2.45) is 5.92 Å². The van der Waals surface area contributed by atoms with E-state index in [4.69, 9.17) is 0 Å². The van der Waals surface area contributed by atoms with Gasteiger partial charge in [-0.15, -0.1) is 0 Å². The Balaban J connectivity index is 1.69. The highest BCUT2D eigenvalue weighted by atomic mass is 16.3. The molecule has 1 heterocycles. The van der Waals surface area contributed by atoms with Crippen molar-refractivity contribution in [3.63, 3.8) is 0 Å². The van der Waals surface area contributed by atoms with Gasteiger partial charge in [-0.25, -0.2) is 4.98 Å². The second-order valence-electron chi connectivity index (χ2n) is 4.01. The number of aliphatic hydroxyl groups excluding tert-OH is 1. The highest BCUT2D eigenvalue weighted by Crippen LogP contribution is 2.32. The maximum Gasteiger partial charge on any atom is 0.0925 e. The maximum absolute atomic E-state index is 9.60. The van der Waals surface area contributed by atoms with Gasteiger partial charge < -0.3 is 15.4 Å². The molecular weight excluding hydrogens is 178 g/mol. The number of nitrogens with zero attached hydrogens (tertiary/aromatic N) is 1. The van der Waals surface area contributed by atoms with Crippen molar-refractivity contribution >= 4 is 0 Å². The number of imidazole rings is 1. The van der Waals surface area contributed by atoms with Gasteiger partial charge in [0.25, 0.3) is 0 Å². The van der Waals surface area contributed by atoms with Gasteiger partial charge in [0.2, 0.25) is 0 Å². The van der Waals surface area contributed by atoms with Crippen LogP contribution in [0.3, 0.4) is 0 Å². The van der Waals surface area contributed by atoms with E-state index < -0.39 is 0 Å². The topological polar surface area (TPSA) is 60.9 Å². The number of H-pyrrole nitrogens is 1. The van der Waals surface area contributed by atoms with E-state index in [0.29, 0.717) is 12.5 Å². The Hall–Kier alpha value is -0.870. The summed E-state index contributed by atoms with van der Waals surface area (Å²) in [6, 6.07) is 0. The van der Waals surface area contributed by atoms with E-state index in [0.717, 1.165) is 17.9 Å². The van der Waals surface area contributed by atoms with Crippen LogP contribution in [0, 0.1) is 12.8 Å². The summed E-state index contributed by atoms with van der Waals surface area (Å²) in [7, 11) is 0. The number of aliphatic hydroxyl groups is 1. The standard InChI is InChI=1S/C10H17N3O/c1-7-9(13-6-12-7)4-11-5-10(14)8-2-3-8/h6,8,10-11,14H,2-5H2,1H3,(H,12,13). The first-order valence-corrected chi connectivity index (χ1v) is 5.15. The van der Waals surface area contributed by atoms with Crippen molar-refractivity contribution in [2.75, 3.05) is 6.54 Å². The van der Waals surface area contributed by atoms with Crippen LogP contribution < -0.4 is 5.32 Å². The van der Waals surface area contributed by atoms with E-state index in [1.807, 2.05) is 6.92 Å². The minimum atomic E-state index is -0.172. The first-order valence-electron chi connectivity index (χ1n) is 5.15. The fraction of sp³-hybridized carbons (Fsp3) is 0.700. The second kappa shape index (κ2) is 4.11. The van der Waals surface area contributed by atoms with Gasteiger partial charge in [-0.1, -0.05) is 0 Å². The van der Waals surface area contributed by atoms with E-state index in [2.05, 4.69) is 15.3 Å². The molecule has 14 heavy (non-hydrogen) atoms. The van der Waals surface area contributed by atoms with Crippen LogP contribution in [-0.2, 0) is 6.54 Å². The smallest absolute Gasteiger partial charge is 0.0925 e. The normalized spacial score (nSPS) is 18.4. The monoisotopic (exact) mass is 195 g/mol. The van der Waals surface area contributed by atoms with Crippen LogP contribution in [0.5, 0.6) is 0 Å². The van der Waals surface area contributed by atoms with Crippen LogP contribution in [-0.4, -0.2) is 27.7 Å². The molecule has 1 saturated carbocycles. The highest BCUT2D eigenvalue weighted by molar-refractivity contribution is 5.07. The first kappa shape index (κ1) is 9.68. The van der Waals surface area contributed by atoms with E-state index in [1.54, 1.807) is 6.33 Å². The van der Waals surface area contributed by atoms with Crippen LogP contribution in [0.15, 0.2) is 6.33 Å². The van der Waals surface area contributed by atoms with Crippen LogP contribution in [0.4, 0.5) is 0 Å². The second-order valence-corrected chi connectivity index (χ2v) is 4.01. The summed E-state index contributed by atoms with van der Waals surface area (Å²) in [6.07, 6.45) is 3.90. The first-order chi connectivity index (χ1) is 6.77. The minimum absolute atomic E-state index is 0.172. The predicted octanol–water partition coefficient (Wildman–Crippen LogP) is 0.579. The predicted molar refractivity (Wildman–Crippen MR) is 53.8 cm³/mol. The average molecular weight is 195 g/mol. The number of hydrogen-bond acceptors (Lipinski definition) is 3. The van der Waals surface area contributed by atoms with E-state index >= 15 is 0 Å². The van der Waals surface area contributed by atoms with Gasteiger partial charge in [0.15, 0.2) is 0 Å². The van der Waals surface area contributed by atoms with Crippen molar-refractivity contribution in [1.29, 1.82) is 0 Å². The number of hydrogen-bond donors (Lipinski definition) is 3. The fourth-order valence-corrected chi connectivity index (χ4v) is 1.55. The van der Waals surface area contributed by atoms with Crippen molar-refractivity contribution in [3.8, 4) is 0 Å². The van der Waals surface area contributed by atoms with Crippen LogP contribution in [0.1, 0.15) is 24.2 Å². The van der Waals surface area contributed by atoms with Gasteiger partial charge in [0, 0.05) is 18.8 Å². The van der Waals surface area contributed by atoms with Crippen molar-refractivity contribution < 1.29 is 5.11 Å². The quantitative estimate of drug-likeness (QED) is 0.644. The molecule has 78 valence electrons. The highest BCUT2D eigenvalue weighted by Gasteiger charge is 2.29. The molecule has 1 fully saturated rings. The Morgan fingerprint density at radius 2 is 2.50 bits per heavy atom. The molecule has 1 aromatic heterocycles. The van der Waals surface area contributed by atoms with Crippen LogP contribution in [0.25, 0.3) is 0 Å². The molecule has 0 spiro atoms. The molecule has 0 radical (unpaired) electrons. The van der Waals surface area contributed by atoms with E-state index in [1.165, 1.54) is 12.8 Å². The number of aryl methyl sites for hydroxylation is 1. The third-order valence-electron chi connectivity index (χ3n) is 2.75. The molecule has 2 rings (SSSR count). The van der Waals surface area contributed by atoms with Gasteiger partial charge in [-0.2, -0.15) is 0 Å². The summed E-state index contributed by atoms with van der Waals surface area (Å²) in [6.45, 7) is 3.41. The molecule has 1 aromatic rings. The summed E-state index contributed by atoms with van der Waals surface area (Å²) in [5.41, 5.74) is 2.13. The average Bonchev–Trinajstić information content (AvgIpc) is 2.93. The molecule has 0 bridgehead atoms. The molecule has 0 aliphatic heterocycles. The van der Waals surface area contributed by atoms with Crippen LogP contribution >= 0.6 is 0 Å². The molecule has 1 atom stereocenters.